The van der Waals surface area contributed by atoms with Gasteiger partial charge in [-0.3, -0.25) is 9.38 Å². The lowest BCUT2D eigenvalue weighted by atomic mass is 10.1. The Morgan fingerprint density at radius 3 is 2.95 bits per heavy atom. The first-order chi connectivity index (χ1) is 9.74. The minimum Gasteiger partial charge on any atom is -0.390 e. The molecule has 0 fully saturated rings. The molecule has 98 valence electrons. The van der Waals surface area contributed by atoms with Crippen LogP contribution in [-0.2, 0) is 6.61 Å². The topological polar surface area (TPSA) is 87.1 Å². The molecule has 20 heavy (non-hydrogen) atoms. The molecule has 0 aromatic carbocycles. The van der Waals surface area contributed by atoms with Crippen LogP contribution >= 0.6 is 0 Å². The standard InChI is InChI=1S/C14H11N5O/c1-9-17-6-12(11-3-2-4-16-13(11)8-20)14-18-10(5-15)7-19(9)14/h2-4,6-7,20H,8H2,1H3. The fraction of sp³-hybridized carbons (Fsp3) is 0.143. The number of rotatable bonds is 2. The van der Waals surface area contributed by atoms with Crippen LogP contribution in [-0.4, -0.2) is 24.5 Å². The molecule has 6 heteroatoms. The first-order valence-corrected chi connectivity index (χ1v) is 6.04. The number of imidazole rings is 1. The van der Waals surface area contributed by atoms with Crippen molar-refractivity contribution in [3.05, 3.63) is 47.9 Å². The summed E-state index contributed by atoms with van der Waals surface area (Å²) in [5, 5.41) is 18.4. The van der Waals surface area contributed by atoms with Crippen LogP contribution in [0, 0.1) is 18.3 Å². The monoisotopic (exact) mass is 265 g/mol. The molecule has 3 aromatic rings. The van der Waals surface area contributed by atoms with Gasteiger partial charge >= 0.3 is 0 Å². The Kier molecular flexibility index (Phi) is 2.89. The van der Waals surface area contributed by atoms with Crippen LogP contribution in [0.15, 0.2) is 30.7 Å². The minimum absolute atomic E-state index is 0.165. The highest BCUT2D eigenvalue weighted by Crippen LogP contribution is 2.26. The van der Waals surface area contributed by atoms with E-state index in [0.717, 1.165) is 17.0 Å². The Morgan fingerprint density at radius 1 is 1.35 bits per heavy atom. The van der Waals surface area contributed by atoms with Gasteiger partial charge in [-0.15, -0.1) is 0 Å². The molecule has 0 aliphatic heterocycles. The second-order valence-corrected chi connectivity index (χ2v) is 4.31. The van der Waals surface area contributed by atoms with Crippen molar-refractivity contribution in [2.24, 2.45) is 0 Å². The second-order valence-electron chi connectivity index (χ2n) is 4.31. The number of aromatic nitrogens is 4. The lowest BCUT2D eigenvalue weighted by molar-refractivity contribution is 0.277. The summed E-state index contributed by atoms with van der Waals surface area (Å²) in [6, 6.07) is 5.67. The number of aryl methyl sites for hydroxylation is 1. The van der Waals surface area contributed by atoms with Crippen molar-refractivity contribution in [3.63, 3.8) is 0 Å². The highest BCUT2D eigenvalue weighted by Gasteiger charge is 2.13. The van der Waals surface area contributed by atoms with Crippen molar-refractivity contribution < 1.29 is 5.11 Å². The fourth-order valence-corrected chi connectivity index (χ4v) is 2.15. The van der Waals surface area contributed by atoms with Gasteiger partial charge in [0, 0.05) is 29.7 Å². The molecule has 3 rings (SSSR count). The number of aliphatic hydroxyl groups excluding tert-OH is 1. The van der Waals surface area contributed by atoms with E-state index in [4.69, 9.17) is 5.26 Å². The third-order valence-electron chi connectivity index (χ3n) is 3.12. The van der Waals surface area contributed by atoms with Crippen LogP contribution in [0.2, 0.25) is 0 Å². The normalized spacial score (nSPS) is 10.7. The minimum atomic E-state index is -0.165. The lowest BCUT2D eigenvalue weighted by Crippen LogP contribution is -1.99. The predicted molar refractivity (Wildman–Crippen MR) is 71.6 cm³/mol. The van der Waals surface area contributed by atoms with E-state index in [-0.39, 0.29) is 6.61 Å². The number of hydrogen-bond acceptors (Lipinski definition) is 5. The van der Waals surface area contributed by atoms with E-state index < -0.39 is 0 Å². The highest BCUT2D eigenvalue weighted by molar-refractivity contribution is 5.78. The van der Waals surface area contributed by atoms with Gasteiger partial charge in [0.15, 0.2) is 5.69 Å². The Morgan fingerprint density at radius 2 is 2.20 bits per heavy atom. The molecule has 0 bridgehead atoms. The van der Waals surface area contributed by atoms with Crippen molar-refractivity contribution in [1.29, 1.82) is 5.26 Å². The third kappa shape index (κ3) is 1.81. The number of aliphatic hydroxyl groups is 1. The van der Waals surface area contributed by atoms with Crippen molar-refractivity contribution >= 4 is 5.65 Å². The zero-order valence-corrected chi connectivity index (χ0v) is 10.8. The van der Waals surface area contributed by atoms with Crippen LogP contribution in [0.1, 0.15) is 17.2 Å². The summed E-state index contributed by atoms with van der Waals surface area (Å²) in [6.07, 6.45) is 4.96. The average Bonchev–Trinajstić information content (AvgIpc) is 2.93. The smallest absolute Gasteiger partial charge is 0.159 e. The molecule has 3 heterocycles. The molecule has 0 unspecified atom stereocenters. The van der Waals surface area contributed by atoms with Crippen LogP contribution < -0.4 is 0 Å². The van der Waals surface area contributed by atoms with Crippen LogP contribution in [0.4, 0.5) is 0 Å². The van der Waals surface area contributed by atoms with Gasteiger partial charge in [-0.25, -0.2) is 9.97 Å². The third-order valence-corrected chi connectivity index (χ3v) is 3.12. The van der Waals surface area contributed by atoms with Crippen LogP contribution in [0.3, 0.4) is 0 Å². The number of nitrogens with zero attached hydrogens (tertiary/aromatic N) is 5. The summed E-state index contributed by atoms with van der Waals surface area (Å²) in [6.45, 7) is 1.68. The van der Waals surface area contributed by atoms with E-state index in [0.29, 0.717) is 17.0 Å². The van der Waals surface area contributed by atoms with Gasteiger partial charge in [0.25, 0.3) is 0 Å². The maximum absolute atomic E-state index is 9.40. The van der Waals surface area contributed by atoms with E-state index in [9.17, 15) is 5.11 Å². The van der Waals surface area contributed by atoms with Gasteiger partial charge in [0.1, 0.15) is 17.5 Å². The van der Waals surface area contributed by atoms with Crippen LogP contribution in [0.5, 0.6) is 0 Å². The Balaban J connectivity index is 2.34. The fourth-order valence-electron chi connectivity index (χ4n) is 2.15. The maximum atomic E-state index is 9.40. The van der Waals surface area contributed by atoms with Crippen molar-refractivity contribution in [2.75, 3.05) is 0 Å². The second kappa shape index (κ2) is 4.72. The molecule has 6 nitrogen and oxygen atoms in total. The molecule has 0 radical (unpaired) electrons. The lowest BCUT2D eigenvalue weighted by Gasteiger charge is -2.08. The van der Waals surface area contributed by atoms with E-state index in [1.54, 1.807) is 29.1 Å². The summed E-state index contributed by atoms with van der Waals surface area (Å²) >= 11 is 0. The Bertz CT molecular complexity index is 831. The molecular weight excluding hydrogens is 254 g/mol. The maximum Gasteiger partial charge on any atom is 0.159 e. The molecule has 0 saturated heterocycles. The molecule has 0 aliphatic carbocycles. The highest BCUT2D eigenvalue weighted by atomic mass is 16.3. The quantitative estimate of drug-likeness (QED) is 0.758. The predicted octanol–water partition coefficient (Wildman–Crippen LogP) is 1.46. The number of fused-ring (bicyclic) bond motifs is 1. The number of pyridine rings is 1. The van der Waals surface area contributed by atoms with Crippen LogP contribution in [0.25, 0.3) is 16.8 Å². The van der Waals surface area contributed by atoms with Gasteiger partial charge in [0.05, 0.1) is 12.3 Å². The Labute approximate surface area is 115 Å². The van der Waals surface area contributed by atoms with Gasteiger partial charge in [-0.05, 0) is 13.0 Å². The Hall–Kier alpha value is -2.78. The van der Waals surface area contributed by atoms with Gasteiger partial charge < -0.3 is 5.11 Å². The summed E-state index contributed by atoms with van der Waals surface area (Å²) in [5.74, 6) is 0.743. The largest absolute Gasteiger partial charge is 0.390 e. The van der Waals surface area contributed by atoms with E-state index in [2.05, 4.69) is 15.0 Å². The van der Waals surface area contributed by atoms with Crippen molar-refractivity contribution in [3.8, 4) is 17.2 Å². The summed E-state index contributed by atoms with van der Waals surface area (Å²) < 4.78 is 1.77. The van der Waals surface area contributed by atoms with Crippen molar-refractivity contribution in [2.45, 2.75) is 13.5 Å². The average molecular weight is 265 g/mol. The summed E-state index contributed by atoms with van der Waals surface area (Å²) in [5.41, 5.74) is 3.03. The SMILES string of the molecule is Cc1ncc(-c2cccnc2CO)c2nc(C#N)cn12. The first-order valence-electron chi connectivity index (χ1n) is 6.04. The first kappa shape index (κ1) is 12.3. The molecule has 0 spiro atoms. The molecule has 0 aliphatic rings. The van der Waals surface area contributed by atoms with E-state index in [1.165, 1.54) is 0 Å². The van der Waals surface area contributed by atoms with Gasteiger partial charge in [0.2, 0.25) is 0 Å². The zero-order valence-electron chi connectivity index (χ0n) is 10.8. The van der Waals surface area contributed by atoms with Gasteiger partial charge in [-0.1, -0.05) is 6.07 Å². The molecule has 3 aromatic heterocycles. The molecule has 0 atom stereocenters. The number of nitriles is 1. The van der Waals surface area contributed by atoms with E-state index >= 15 is 0 Å². The van der Waals surface area contributed by atoms with E-state index in [1.807, 2.05) is 19.1 Å². The molecule has 0 saturated carbocycles. The molecule has 0 amide bonds. The van der Waals surface area contributed by atoms with Gasteiger partial charge in [-0.2, -0.15) is 5.26 Å². The zero-order chi connectivity index (χ0) is 14.1. The summed E-state index contributed by atoms with van der Waals surface area (Å²) in [4.78, 5) is 12.8. The molecular formula is C14H11N5O. The van der Waals surface area contributed by atoms with Crippen molar-refractivity contribution in [1.82, 2.24) is 19.4 Å². The molecule has 1 N–H and O–H groups in total. The summed E-state index contributed by atoms with van der Waals surface area (Å²) in [7, 11) is 0. The number of hydrogen-bond donors (Lipinski definition) is 1.